The molecule has 0 fully saturated rings. The maximum absolute atomic E-state index is 12.2. The van der Waals surface area contributed by atoms with E-state index in [4.69, 9.17) is 10.5 Å². The van der Waals surface area contributed by atoms with Crippen LogP contribution >= 0.6 is 0 Å². The van der Waals surface area contributed by atoms with Gasteiger partial charge in [-0.15, -0.1) is 0 Å². The molecule has 1 heterocycles. The number of ether oxygens (including phenoxy) is 1. The molecule has 0 aliphatic rings. The van der Waals surface area contributed by atoms with E-state index in [9.17, 15) is 13.2 Å². The number of sulfonamides is 1. The molecule has 0 saturated heterocycles. The summed E-state index contributed by atoms with van der Waals surface area (Å²) in [5, 5.41) is 4.16. The monoisotopic (exact) mass is 338 g/mol. The lowest BCUT2D eigenvalue weighted by Gasteiger charge is -2.08. The molecule has 0 aliphatic carbocycles. The molecule has 0 aliphatic heterocycles. The number of benzene rings is 1. The number of hydrogen-bond acceptors (Lipinski definition) is 5. The minimum absolute atomic E-state index is 0.0998. The van der Waals surface area contributed by atoms with E-state index in [1.807, 2.05) is 13.0 Å². The molecule has 0 bridgehead atoms. The van der Waals surface area contributed by atoms with Gasteiger partial charge in [0.1, 0.15) is 5.75 Å². The molecule has 1 amide bonds. The summed E-state index contributed by atoms with van der Waals surface area (Å²) < 4.78 is 33.7. The van der Waals surface area contributed by atoms with Gasteiger partial charge < -0.3 is 10.5 Å². The zero-order valence-corrected chi connectivity index (χ0v) is 13.6. The summed E-state index contributed by atoms with van der Waals surface area (Å²) in [4.78, 5) is 10.7. The van der Waals surface area contributed by atoms with E-state index in [1.54, 1.807) is 11.7 Å². The average Bonchev–Trinajstić information content (AvgIpc) is 2.81. The van der Waals surface area contributed by atoms with Crippen LogP contribution in [-0.2, 0) is 28.4 Å². The standard InChI is InChI=1S/C14H18N4O4S/c1-10-7-11(18(2)17-10)8-16-23(20,21)13-5-3-12(4-6-13)22-9-14(15)19/h3-7,16H,8-9H2,1-2H3,(H2,15,19). The quantitative estimate of drug-likeness (QED) is 0.741. The molecule has 0 saturated carbocycles. The number of carbonyl (C=O) groups excluding carboxylic acids is 1. The van der Waals surface area contributed by atoms with E-state index in [0.717, 1.165) is 11.4 Å². The SMILES string of the molecule is Cc1cc(CNS(=O)(=O)c2ccc(OCC(N)=O)cc2)n(C)n1. The lowest BCUT2D eigenvalue weighted by molar-refractivity contribution is -0.119. The van der Waals surface area contributed by atoms with Gasteiger partial charge in [0.15, 0.2) is 6.61 Å². The first-order chi connectivity index (χ1) is 10.8. The highest BCUT2D eigenvalue weighted by atomic mass is 32.2. The van der Waals surface area contributed by atoms with Crippen LogP contribution in [-0.4, -0.2) is 30.7 Å². The van der Waals surface area contributed by atoms with E-state index in [-0.39, 0.29) is 18.0 Å². The van der Waals surface area contributed by atoms with Crippen molar-refractivity contribution in [2.24, 2.45) is 12.8 Å². The predicted molar refractivity (Wildman–Crippen MR) is 83.1 cm³/mol. The molecule has 2 rings (SSSR count). The largest absolute Gasteiger partial charge is 0.484 e. The minimum atomic E-state index is -3.65. The van der Waals surface area contributed by atoms with Crippen molar-refractivity contribution in [2.75, 3.05) is 6.61 Å². The van der Waals surface area contributed by atoms with E-state index >= 15 is 0 Å². The van der Waals surface area contributed by atoms with Gasteiger partial charge in [0.2, 0.25) is 10.0 Å². The Kier molecular flexibility index (Phi) is 5.02. The van der Waals surface area contributed by atoms with Crippen LogP contribution in [0.5, 0.6) is 5.75 Å². The first-order valence-corrected chi connectivity index (χ1v) is 8.26. The van der Waals surface area contributed by atoms with Gasteiger partial charge in [-0.1, -0.05) is 0 Å². The fraction of sp³-hybridized carbons (Fsp3) is 0.286. The molecular weight excluding hydrogens is 320 g/mol. The van der Waals surface area contributed by atoms with Crippen molar-refractivity contribution in [2.45, 2.75) is 18.4 Å². The lowest BCUT2D eigenvalue weighted by Crippen LogP contribution is -2.24. The number of hydrogen-bond donors (Lipinski definition) is 2. The van der Waals surface area contributed by atoms with Gasteiger partial charge in [0.05, 0.1) is 22.8 Å². The third kappa shape index (κ3) is 4.54. The zero-order valence-electron chi connectivity index (χ0n) is 12.8. The van der Waals surface area contributed by atoms with E-state index < -0.39 is 15.9 Å². The number of carbonyl (C=O) groups is 1. The van der Waals surface area contributed by atoms with Gasteiger partial charge in [-0.3, -0.25) is 9.48 Å². The molecule has 0 unspecified atom stereocenters. The molecule has 8 nitrogen and oxygen atoms in total. The average molecular weight is 338 g/mol. The topological polar surface area (TPSA) is 116 Å². The Morgan fingerprint density at radius 3 is 2.52 bits per heavy atom. The van der Waals surface area contributed by atoms with Gasteiger partial charge in [0, 0.05) is 7.05 Å². The van der Waals surface area contributed by atoms with E-state index in [2.05, 4.69) is 9.82 Å². The third-order valence-corrected chi connectivity index (χ3v) is 4.47. The van der Waals surface area contributed by atoms with Crippen LogP contribution < -0.4 is 15.2 Å². The highest BCUT2D eigenvalue weighted by molar-refractivity contribution is 7.89. The summed E-state index contributed by atoms with van der Waals surface area (Å²) in [6, 6.07) is 7.53. The van der Waals surface area contributed by atoms with E-state index in [1.165, 1.54) is 24.3 Å². The number of primary amides is 1. The first kappa shape index (κ1) is 17.0. The number of nitrogens with zero attached hydrogens (tertiary/aromatic N) is 2. The lowest BCUT2D eigenvalue weighted by atomic mass is 10.3. The van der Waals surface area contributed by atoms with Crippen molar-refractivity contribution in [1.29, 1.82) is 0 Å². The van der Waals surface area contributed by atoms with Gasteiger partial charge in [0.25, 0.3) is 5.91 Å². The molecule has 1 aromatic heterocycles. The van der Waals surface area contributed by atoms with Crippen LogP contribution in [0.2, 0.25) is 0 Å². The maximum atomic E-state index is 12.2. The maximum Gasteiger partial charge on any atom is 0.255 e. The second kappa shape index (κ2) is 6.80. The van der Waals surface area contributed by atoms with Crippen molar-refractivity contribution >= 4 is 15.9 Å². The predicted octanol–water partition coefficient (Wildman–Crippen LogP) is 0.0711. The van der Waals surface area contributed by atoms with Gasteiger partial charge >= 0.3 is 0 Å². The van der Waals surface area contributed by atoms with Crippen LogP contribution in [0.3, 0.4) is 0 Å². The zero-order chi connectivity index (χ0) is 17.0. The Bertz CT molecular complexity index is 797. The van der Waals surface area contributed by atoms with Crippen LogP contribution in [0.1, 0.15) is 11.4 Å². The number of aromatic nitrogens is 2. The molecule has 0 radical (unpaired) electrons. The molecule has 9 heteroatoms. The summed E-state index contributed by atoms with van der Waals surface area (Å²) >= 11 is 0. The minimum Gasteiger partial charge on any atom is -0.484 e. The number of amides is 1. The Labute approximate surface area is 134 Å². The molecule has 2 aromatic rings. The second-order valence-electron chi connectivity index (χ2n) is 4.95. The van der Waals surface area contributed by atoms with Crippen LogP contribution in [0.4, 0.5) is 0 Å². The summed E-state index contributed by atoms with van der Waals surface area (Å²) in [7, 11) is -1.90. The smallest absolute Gasteiger partial charge is 0.255 e. The van der Waals surface area contributed by atoms with Gasteiger partial charge in [-0.2, -0.15) is 5.10 Å². The third-order valence-electron chi connectivity index (χ3n) is 3.06. The van der Waals surface area contributed by atoms with Crippen LogP contribution in [0.15, 0.2) is 35.2 Å². The Morgan fingerprint density at radius 1 is 1.35 bits per heavy atom. The summed E-state index contributed by atoms with van der Waals surface area (Å²) in [5.74, 6) is -0.236. The summed E-state index contributed by atoms with van der Waals surface area (Å²) in [6.07, 6.45) is 0. The van der Waals surface area contributed by atoms with Crippen molar-refractivity contribution in [3.8, 4) is 5.75 Å². The van der Waals surface area contributed by atoms with Crippen molar-refractivity contribution in [1.82, 2.24) is 14.5 Å². The molecule has 0 atom stereocenters. The fourth-order valence-corrected chi connectivity index (χ4v) is 2.95. The highest BCUT2D eigenvalue weighted by Gasteiger charge is 2.15. The van der Waals surface area contributed by atoms with Crippen LogP contribution in [0.25, 0.3) is 0 Å². The van der Waals surface area contributed by atoms with Crippen molar-refractivity contribution in [3.63, 3.8) is 0 Å². The number of nitrogens with two attached hydrogens (primary N) is 1. The highest BCUT2D eigenvalue weighted by Crippen LogP contribution is 2.16. The van der Waals surface area contributed by atoms with E-state index in [0.29, 0.717) is 5.75 Å². The summed E-state index contributed by atoms with van der Waals surface area (Å²) in [6.45, 7) is 1.71. The fourth-order valence-electron chi connectivity index (χ4n) is 1.95. The van der Waals surface area contributed by atoms with Crippen molar-refractivity contribution in [3.05, 3.63) is 41.7 Å². The molecule has 3 N–H and O–H groups in total. The summed E-state index contributed by atoms with van der Waals surface area (Å²) in [5.41, 5.74) is 6.55. The van der Waals surface area contributed by atoms with Gasteiger partial charge in [-0.25, -0.2) is 13.1 Å². The van der Waals surface area contributed by atoms with Crippen molar-refractivity contribution < 1.29 is 17.9 Å². The molecule has 23 heavy (non-hydrogen) atoms. The van der Waals surface area contributed by atoms with Crippen LogP contribution in [0, 0.1) is 6.92 Å². The first-order valence-electron chi connectivity index (χ1n) is 6.78. The Hall–Kier alpha value is -2.39. The Balaban J connectivity index is 2.04. The second-order valence-corrected chi connectivity index (χ2v) is 6.72. The molecule has 1 aromatic carbocycles. The molecule has 124 valence electrons. The van der Waals surface area contributed by atoms with Gasteiger partial charge in [-0.05, 0) is 37.3 Å². The Morgan fingerprint density at radius 2 is 2.00 bits per heavy atom. The number of nitrogens with one attached hydrogen (secondary N) is 1. The molecule has 0 spiro atoms. The molecular formula is C14H18N4O4S. The number of rotatable bonds is 7. The normalized spacial score (nSPS) is 11.4. The number of aryl methyl sites for hydroxylation is 2.